The third kappa shape index (κ3) is 3.43. The Morgan fingerprint density at radius 2 is 1.96 bits per heavy atom. The van der Waals surface area contributed by atoms with E-state index in [0.29, 0.717) is 12.4 Å². The predicted molar refractivity (Wildman–Crippen MR) is 97.2 cm³/mol. The summed E-state index contributed by atoms with van der Waals surface area (Å²) < 4.78 is 11.7. The lowest BCUT2D eigenvalue weighted by Gasteiger charge is -2.12. The van der Waals surface area contributed by atoms with Gasteiger partial charge < -0.3 is 14.6 Å². The van der Waals surface area contributed by atoms with Gasteiger partial charge in [0.15, 0.2) is 0 Å². The zero-order valence-electron chi connectivity index (χ0n) is 13.8. The van der Waals surface area contributed by atoms with E-state index in [9.17, 15) is 0 Å². The van der Waals surface area contributed by atoms with E-state index < -0.39 is 0 Å². The zero-order chi connectivity index (χ0) is 17.1. The van der Waals surface area contributed by atoms with Gasteiger partial charge in [-0.2, -0.15) is 0 Å². The second-order valence-corrected chi connectivity index (χ2v) is 6.38. The minimum absolute atomic E-state index is 0.558. The molecule has 0 aliphatic carbocycles. The van der Waals surface area contributed by atoms with Gasteiger partial charge in [-0.15, -0.1) is 0 Å². The zero-order valence-corrected chi connectivity index (χ0v) is 15.3. The van der Waals surface area contributed by atoms with Crippen LogP contribution in [0.1, 0.15) is 17.0 Å². The van der Waals surface area contributed by atoms with E-state index in [0.717, 1.165) is 32.7 Å². The van der Waals surface area contributed by atoms with E-state index in [-0.39, 0.29) is 0 Å². The molecule has 0 bridgehead atoms. The standard InChI is InChI=1S/C18H18BrN3O2/c1-11-17(12(2)24-22-11)14-8-16(18(23-3)21-10-14)20-9-13-4-6-15(19)7-5-13/h4-8,10,20H,9H2,1-3H3. The number of nitrogens with one attached hydrogen (secondary N) is 1. The lowest BCUT2D eigenvalue weighted by molar-refractivity contribution is 0.393. The molecule has 0 radical (unpaired) electrons. The van der Waals surface area contributed by atoms with Gasteiger partial charge in [0.2, 0.25) is 5.88 Å². The first kappa shape index (κ1) is 16.5. The van der Waals surface area contributed by atoms with Crippen molar-refractivity contribution in [3.8, 4) is 17.0 Å². The molecule has 1 aromatic carbocycles. The molecule has 124 valence electrons. The van der Waals surface area contributed by atoms with Gasteiger partial charge in [0.1, 0.15) is 5.76 Å². The Kier molecular flexibility index (Phi) is 4.85. The van der Waals surface area contributed by atoms with Crippen LogP contribution >= 0.6 is 15.9 Å². The molecule has 0 unspecified atom stereocenters. The molecule has 5 nitrogen and oxygen atoms in total. The second-order valence-electron chi connectivity index (χ2n) is 5.46. The average molecular weight is 388 g/mol. The van der Waals surface area contributed by atoms with Crippen LogP contribution in [0.15, 0.2) is 45.5 Å². The summed E-state index contributed by atoms with van der Waals surface area (Å²) in [4.78, 5) is 4.40. The van der Waals surface area contributed by atoms with Gasteiger partial charge in [-0.05, 0) is 37.6 Å². The van der Waals surface area contributed by atoms with Crippen LogP contribution < -0.4 is 10.1 Å². The minimum atomic E-state index is 0.558. The van der Waals surface area contributed by atoms with Crippen molar-refractivity contribution in [2.75, 3.05) is 12.4 Å². The summed E-state index contributed by atoms with van der Waals surface area (Å²) in [6.07, 6.45) is 1.77. The van der Waals surface area contributed by atoms with E-state index in [4.69, 9.17) is 9.26 Å². The number of benzene rings is 1. The molecule has 2 aromatic heterocycles. The van der Waals surface area contributed by atoms with Crippen molar-refractivity contribution >= 4 is 21.6 Å². The molecule has 0 amide bonds. The molecule has 0 aliphatic rings. The van der Waals surface area contributed by atoms with Gasteiger partial charge in [0, 0.05) is 28.3 Å². The number of aromatic nitrogens is 2. The van der Waals surface area contributed by atoms with Gasteiger partial charge in [-0.25, -0.2) is 4.98 Å². The number of hydrogen-bond donors (Lipinski definition) is 1. The van der Waals surface area contributed by atoms with E-state index >= 15 is 0 Å². The quantitative estimate of drug-likeness (QED) is 0.684. The smallest absolute Gasteiger partial charge is 0.237 e. The average Bonchev–Trinajstić information content (AvgIpc) is 2.93. The Morgan fingerprint density at radius 1 is 1.21 bits per heavy atom. The largest absolute Gasteiger partial charge is 0.480 e. The Morgan fingerprint density at radius 3 is 2.58 bits per heavy atom. The molecule has 3 rings (SSSR count). The van der Waals surface area contributed by atoms with E-state index in [2.05, 4.69) is 43.5 Å². The van der Waals surface area contributed by atoms with Crippen molar-refractivity contribution < 1.29 is 9.26 Å². The number of anilines is 1. The molecule has 2 heterocycles. The Labute approximate surface area is 149 Å². The summed E-state index contributed by atoms with van der Waals surface area (Å²) in [5.41, 5.74) is 4.77. The van der Waals surface area contributed by atoms with Crippen LogP contribution in [0.3, 0.4) is 0 Å². The SMILES string of the molecule is COc1ncc(-c2c(C)noc2C)cc1NCc1ccc(Br)cc1. The van der Waals surface area contributed by atoms with E-state index in [1.807, 2.05) is 32.0 Å². The van der Waals surface area contributed by atoms with Crippen LogP contribution in [0.5, 0.6) is 5.88 Å². The van der Waals surface area contributed by atoms with Crippen molar-refractivity contribution in [2.45, 2.75) is 20.4 Å². The Balaban J connectivity index is 1.88. The highest BCUT2D eigenvalue weighted by atomic mass is 79.9. The molecule has 0 atom stereocenters. The maximum absolute atomic E-state index is 5.37. The van der Waals surface area contributed by atoms with Gasteiger partial charge in [0.25, 0.3) is 0 Å². The van der Waals surface area contributed by atoms with Crippen molar-refractivity contribution in [2.24, 2.45) is 0 Å². The van der Waals surface area contributed by atoms with Gasteiger partial charge >= 0.3 is 0 Å². The number of methoxy groups -OCH3 is 1. The van der Waals surface area contributed by atoms with Crippen molar-refractivity contribution in [1.82, 2.24) is 10.1 Å². The van der Waals surface area contributed by atoms with E-state index in [1.54, 1.807) is 13.3 Å². The number of rotatable bonds is 5. The van der Waals surface area contributed by atoms with Crippen molar-refractivity contribution in [1.29, 1.82) is 0 Å². The summed E-state index contributed by atoms with van der Waals surface area (Å²) in [6, 6.07) is 10.2. The number of nitrogens with zero attached hydrogens (tertiary/aromatic N) is 2. The molecular weight excluding hydrogens is 370 g/mol. The molecule has 0 saturated carbocycles. The summed E-state index contributed by atoms with van der Waals surface area (Å²) >= 11 is 3.44. The van der Waals surface area contributed by atoms with Gasteiger partial charge in [-0.1, -0.05) is 33.2 Å². The number of hydrogen-bond acceptors (Lipinski definition) is 5. The fourth-order valence-electron chi connectivity index (χ4n) is 2.57. The highest BCUT2D eigenvalue weighted by molar-refractivity contribution is 9.10. The molecule has 1 N–H and O–H groups in total. The lowest BCUT2D eigenvalue weighted by Crippen LogP contribution is -2.03. The highest BCUT2D eigenvalue weighted by Gasteiger charge is 2.14. The number of halogens is 1. The van der Waals surface area contributed by atoms with Crippen LogP contribution in [0.4, 0.5) is 5.69 Å². The molecule has 0 spiro atoms. The third-order valence-electron chi connectivity index (χ3n) is 3.76. The normalized spacial score (nSPS) is 10.7. The maximum Gasteiger partial charge on any atom is 0.237 e. The Hall–Kier alpha value is -2.34. The Bertz CT molecular complexity index is 824. The molecule has 24 heavy (non-hydrogen) atoms. The van der Waals surface area contributed by atoms with Crippen LogP contribution in [0.2, 0.25) is 0 Å². The van der Waals surface area contributed by atoms with Gasteiger partial charge in [-0.3, -0.25) is 0 Å². The minimum Gasteiger partial charge on any atom is -0.480 e. The second kappa shape index (κ2) is 7.05. The molecule has 0 saturated heterocycles. The van der Waals surface area contributed by atoms with Crippen molar-refractivity contribution in [3.05, 3.63) is 58.0 Å². The predicted octanol–water partition coefficient (Wildman–Crippen LogP) is 4.74. The first-order chi connectivity index (χ1) is 11.6. The van der Waals surface area contributed by atoms with Crippen molar-refractivity contribution in [3.63, 3.8) is 0 Å². The molecule has 0 fully saturated rings. The van der Waals surface area contributed by atoms with Crippen LogP contribution in [-0.2, 0) is 6.54 Å². The first-order valence-corrected chi connectivity index (χ1v) is 8.33. The van der Waals surface area contributed by atoms with Crippen LogP contribution in [0.25, 0.3) is 11.1 Å². The monoisotopic (exact) mass is 387 g/mol. The van der Waals surface area contributed by atoms with Crippen LogP contribution in [0, 0.1) is 13.8 Å². The van der Waals surface area contributed by atoms with Gasteiger partial charge in [0.05, 0.1) is 18.5 Å². The fourth-order valence-corrected chi connectivity index (χ4v) is 2.84. The maximum atomic E-state index is 5.37. The van der Waals surface area contributed by atoms with E-state index in [1.165, 1.54) is 5.56 Å². The van der Waals surface area contributed by atoms with Crippen LogP contribution in [-0.4, -0.2) is 17.3 Å². The number of pyridine rings is 1. The number of aryl methyl sites for hydroxylation is 2. The summed E-state index contributed by atoms with van der Waals surface area (Å²) in [7, 11) is 1.61. The molecule has 0 aliphatic heterocycles. The molecule has 3 aromatic rings. The fraction of sp³-hybridized carbons (Fsp3) is 0.222. The number of ether oxygens (including phenoxy) is 1. The summed E-state index contributed by atoms with van der Waals surface area (Å²) in [6.45, 7) is 4.50. The molecular formula is C18H18BrN3O2. The lowest BCUT2D eigenvalue weighted by atomic mass is 10.1. The molecule has 6 heteroatoms. The highest BCUT2D eigenvalue weighted by Crippen LogP contribution is 2.32. The summed E-state index contributed by atoms with van der Waals surface area (Å²) in [5.74, 6) is 1.33. The summed E-state index contributed by atoms with van der Waals surface area (Å²) in [5, 5.41) is 7.40. The first-order valence-electron chi connectivity index (χ1n) is 7.54. The third-order valence-corrected chi connectivity index (χ3v) is 4.29. The topological polar surface area (TPSA) is 60.2 Å².